The van der Waals surface area contributed by atoms with Crippen LogP contribution in [0.3, 0.4) is 0 Å². The molecule has 2 aliphatic heterocycles. The van der Waals surface area contributed by atoms with Crippen molar-refractivity contribution in [1.29, 1.82) is 0 Å². The first-order valence-corrected chi connectivity index (χ1v) is 11.9. The standard InChI is InChI=1S/C24H32ClN5O2/c1-18-8-6-7-11-29(18)21(31)17-27-12-14-28(15-13-27)24(32)22-19(2)26-30(23(22)25)16-20-9-4-3-5-10-20/h3-5,9-10,18H,6-8,11-17H2,1-2H3. The molecule has 0 saturated carbocycles. The first-order chi connectivity index (χ1) is 15.4. The van der Waals surface area contributed by atoms with E-state index < -0.39 is 0 Å². The second kappa shape index (κ2) is 10.0. The highest BCUT2D eigenvalue weighted by Gasteiger charge is 2.30. The summed E-state index contributed by atoms with van der Waals surface area (Å²) in [6.45, 7) is 8.33. The normalized spacial score (nSPS) is 19.9. The van der Waals surface area contributed by atoms with Gasteiger partial charge in [-0.2, -0.15) is 5.10 Å². The van der Waals surface area contributed by atoms with Gasteiger partial charge in [0.05, 0.1) is 24.3 Å². The van der Waals surface area contributed by atoms with Crippen LogP contribution >= 0.6 is 11.6 Å². The molecule has 2 fully saturated rings. The maximum Gasteiger partial charge on any atom is 0.258 e. The number of rotatable bonds is 5. The van der Waals surface area contributed by atoms with Crippen molar-refractivity contribution in [3.63, 3.8) is 0 Å². The molecule has 32 heavy (non-hydrogen) atoms. The Morgan fingerprint density at radius 3 is 2.47 bits per heavy atom. The molecule has 2 aliphatic rings. The zero-order valence-corrected chi connectivity index (χ0v) is 19.7. The average molecular weight is 458 g/mol. The van der Waals surface area contributed by atoms with Crippen LogP contribution in [0.2, 0.25) is 5.15 Å². The molecule has 8 heteroatoms. The minimum absolute atomic E-state index is 0.0811. The summed E-state index contributed by atoms with van der Waals surface area (Å²) in [7, 11) is 0. The highest BCUT2D eigenvalue weighted by Crippen LogP contribution is 2.23. The lowest BCUT2D eigenvalue weighted by Crippen LogP contribution is -2.53. The van der Waals surface area contributed by atoms with Gasteiger partial charge in [0.2, 0.25) is 5.91 Å². The van der Waals surface area contributed by atoms with Gasteiger partial charge in [0.25, 0.3) is 5.91 Å². The number of carbonyl (C=O) groups is 2. The molecule has 1 aromatic heterocycles. The fourth-order valence-corrected chi connectivity index (χ4v) is 4.99. The van der Waals surface area contributed by atoms with Gasteiger partial charge in [-0.15, -0.1) is 0 Å². The van der Waals surface area contributed by atoms with Crippen molar-refractivity contribution in [1.82, 2.24) is 24.5 Å². The summed E-state index contributed by atoms with van der Waals surface area (Å²) in [6.07, 6.45) is 3.39. The highest BCUT2D eigenvalue weighted by atomic mass is 35.5. The van der Waals surface area contributed by atoms with Crippen LogP contribution in [0.4, 0.5) is 0 Å². The van der Waals surface area contributed by atoms with E-state index in [1.54, 1.807) is 4.68 Å². The van der Waals surface area contributed by atoms with Crippen molar-refractivity contribution < 1.29 is 9.59 Å². The van der Waals surface area contributed by atoms with Crippen molar-refractivity contribution in [3.8, 4) is 0 Å². The molecule has 0 spiro atoms. The Hall–Kier alpha value is -2.38. The average Bonchev–Trinajstić information content (AvgIpc) is 3.07. The van der Waals surface area contributed by atoms with Crippen LogP contribution < -0.4 is 0 Å². The third kappa shape index (κ3) is 4.99. The third-order valence-corrected chi connectivity index (χ3v) is 6.98. The molecule has 4 rings (SSSR count). The molecule has 1 aromatic carbocycles. The van der Waals surface area contributed by atoms with E-state index in [0.29, 0.717) is 61.7 Å². The predicted molar refractivity (Wildman–Crippen MR) is 125 cm³/mol. The number of halogens is 1. The van der Waals surface area contributed by atoms with Crippen LogP contribution in [0.25, 0.3) is 0 Å². The first-order valence-electron chi connectivity index (χ1n) is 11.5. The minimum Gasteiger partial charge on any atom is -0.339 e. The lowest BCUT2D eigenvalue weighted by atomic mass is 10.0. The molecule has 0 aliphatic carbocycles. The van der Waals surface area contributed by atoms with E-state index in [9.17, 15) is 9.59 Å². The first kappa shape index (κ1) is 22.8. The van der Waals surface area contributed by atoms with Gasteiger partial charge in [-0.25, -0.2) is 4.68 Å². The zero-order chi connectivity index (χ0) is 22.7. The van der Waals surface area contributed by atoms with E-state index in [0.717, 1.165) is 24.9 Å². The van der Waals surface area contributed by atoms with E-state index in [4.69, 9.17) is 11.6 Å². The Morgan fingerprint density at radius 1 is 1.06 bits per heavy atom. The highest BCUT2D eigenvalue weighted by molar-refractivity contribution is 6.33. The topological polar surface area (TPSA) is 61.7 Å². The Balaban J connectivity index is 1.35. The van der Waals surface area contributed by atoms with E-state index in [1.165, 1.54) is 6.42 Å². The Morgan fingerprint density at radius 2 is 1.78 bits per heavy atom. The number of aromatic nitrogens is 2. The molecule has 2 amide bonds. The maximum absolute atomic E-state index is 13.2. The van der Waals surface area contributed by atoms with Crippen molar-refractivity contribution in [2.75, 3.05) is 39.3 Å². The molecule has 0 bridgehead atoms. The summed E-state index contributed by atoms with van der Waals surface area (Å²) in [6, 6.07) is 10.3. The van der Waals surface area contributed by atoms with Crippen LogP contribution in [0.5, 0.6) is 0 Å². The van der Waals surface area contributed by atoms with Crippen LogP contribution in [-0.4, -0.2) is 81.6 Å². The summed E-state index contributed by atoms with van der Waals surface area (Å²) < 4.78 is 1.69. The number of hydrogen-bond donors (Lipinski definition) is 0. The Labute approximate surface area is 194 Å². The predicted octanol–water partition coefficient (Wildman–Crippen LogP) is 3.05. The second-order valence-corrected chi connectivity index (χ2v) is 9.25. The van der Waals surface area contributed by atoms with Crippen LogP contribution in [0.1, 0.15) is 47.8 Å². The van der Waals surface area contributed by atoms with Crippen LogP contribution in [-0.2, 0) is 11.3 Å². The minimum atomic E-state index is -0.0811. The van der Waals surface area contributed by atoms with Gasteiger partial charge >= 0.3 is 0 Å². The van der Waals surface area contributed by atoms with Crippen LogP contribution in [0, 0.1) is 6.92 Å². The fourth-order valence-electron chi connectivity index (χ4n) is 4.68. The summed E-state index contributed by atoms with van der Waals surface area (Å²) in [5, 5.41) is 4.89. The maximum atomic E-state index is 13.2. The Bertz CT molecular complexity index is 953. The van der Waals surface area contributed by atoms with E-state index >= 15 is 0 Å². The number of aryl methyl sites for hydroxylation is 1. The van der Waals surface area contributed by atoms with Crippen molar-refractivity contribution >= 4 is 23.4 Å². The van der Waals surface area contributed by atoms with Crippen molar-refractivity contribution in [2.24, 2.45) is 0 Å². The van der Waals surface area contributed by atoms with Gasteiger partial charge < -0.3 is 9.80 Å². The van der Waals surface area contributed by atoms with Gasteiger partial charge in [-0.3, -0.25) is 14.5 Å². The second-order valence-electron chi connectivity index (χ2n) is 8.89. The number of amides is 2. The number of piperidine rings is 1. The van der Waals surface area contributed by atoms with Crippen molar-refractivity contribution in [2.45, 2.75) is 45.7 Å². The lowest BCUT2D eigenvalue weighted by Gasteiger charge is -2.38. The lowest BCUT2D eigenvalue weighted by molar-refractivity contribution is -0.136. The number of carbonyl (C=O) groups excluding carboxylic acids is 2. The molecule has 3 heterocycles. The number of hydrogen-bond acceptors (Lipinski definition) is 4. The van der Waals surface area contributed by atoms with Gasteiger partial charge in [-0.05, 0) is 38.7 Å². The van der Waals surface area contributed by atoms with Gasteiger partial charge in [0, 0.05) is 38.8 Å². The van der Waals surface area contributed by atoms with E-state index in [1.807, 2.05) is 47.1 Å². The van der Waals surface area contributed by atoms with Gasteiger partial charge in [0.15, 0.2) is 0 Å². The molecular formula is C24H32ClN5O2. The smallest absolute Gasteiger partial charge is 0.258 e. The summed E-state index contributed by atoms with van der Waals surface area (Å²) in [5.41, 5.74) is 2.21. The molecule has 172 valence electrons. The van der Waals surface area contributed by atoms with Crippen molar-refractivity contribution in [3.05, 3.63) is 52.3 Å². The van der Waals surface area contributed by atoms with E-state index in [2.05, 4.69) is 16.9 Å². The molecule has 2 saturated heterocycles. The SMILES string of the molecule is Cc1nn(Cc2ccccc2)c(Cl)c1C(=O)N1CCN(CC(=O)N2CCCCC2C)CC1. The molecule has 1 unspecified atom stereocenters. The molecular weight excluding hydrogens is 426 g/mol. The molecule has 0 radical (unpaired) electrons. The molecule has 1 atom stereocenters. The fraction of sp³-hybridized carbons (Fsp3) is 0.542. The zero-order valence-electron chi connectivity index (χ0n) is 19.0. The number of benzene rings is 1. The molecule has 0 N–H and O–H groups in total. The number of piperazine rings is 1. The monoisotopic (exact) mass is 457 g/mol. The number of nitrogens with zero attached hydrogens (tertiary/aromatic N) is 5. The van der Waals surface area contributed by atoms with Crippen LogP contribution in [0.15, 0.2) is 30.3 Å². The largest absolute Gasteiger partial charge is 0.339 e. The number of likely N-dealkylation sites (tertiary alicyclic amines) is 1. The van der Waals surface area contributed by atoms with E-state index in [-0.39, 0.29) is 11.8 Å². The summed E-state index contributed by atoms with van der Waals surface area (Å²) in [4.78, 5) is 32.0. The summed E-state index contributed by atoms with van der Waals surface area (Å²) >= 11 is 6.58. The quantitative estimate of drug-likeness (QED) is 0.692. The molecule has 7 nitrogen and oxygen atoms in total. The third-order valence-electron chi connectivity index (χ3n) is 6.60. The molecule has 2 aromatic rings. The Kier molecular flexibility index (Phi) is 7.16. The van der Waals surface area contributed by atoms with Gasteiger partial charge in [-0.1, -0.05) is 41.9 Å². The van der Waals surface area contributed by atoms with Gasteiger partial charge in [0.1, 0.15) is 5.15 Å². The summed E-state index contributed by atoms with van der Waals surface area (Å²) in [5.74, 6) is 0.125.